The minimum absolute atomic E-state index is 0.0320. The fourth-order valence-corrected chi connectivity index (χ4v) is 3.04. The summed E-state index contributed by atoms with van der Waals surface area (Å²) in [7, 11) is 0. The summed E-state index contributed by atoms with van der Waals surface area (Å²) in [6.45, 7) is 5.36. The maximum absolute atomic E-state index is 13.0. The number of hydrogen-bond donors (Lipinski definition) is 1. The molecule has 1 saturated heterocycles. The number of benzene rings is 1. The van der Waals surface area contributed by atoms with Gasteiger partial charge in [-0.25, -0.2) is 0 Å². The van der Waals surface area contributed by atoms with Crippen LogP contribution in [-0.4, -0.2) is 46.8 Å². The molecule has 1 heterocycles. The van der Waals surface area contributed by atoms with Crippen molar-refractivity contribution < 1.29 is 19.2 Å². The third-order valence-corrected chi connectivity index (χ3v) is 4.60. The molecule has 6 heteroatoms. The minimum Gasteiger partial charge on any atom is -0.331 e. The van der Waals surface area contributed by atoms with Gasteiger partial charge in [-0.1, -0.05) is 38.1 Å². The van der Waals surface area contributed by atoms with Crippen molar-refractivity contribution in [3.8, 4) is 0 Å². The van der Waals surface area contributed by atoms with E-state index in [1.165, 1.54) is 24.0 Å². The molecule has 0 aliphatic carbocycles. The molecule has 25 heavy (non-hydrogen) atoms. The second kappa shape index (κ2) is 7.70. The molecular weight excluding hydrogens is 320 g/mol. The van der Waals surface area contributed by atoms with Crippen molar-refractivity contribution in [3.05, 3.63) is 35.4 Å². The standard InChI is InChI=1S/C19H24N2O4/c1-11(2)16(20)19(25)21-10-6-9-15(21)18(24)14-8-5-4-7-13(14)17(23)12(3)22/h4-5,7-8,11,15-16H,6,9-10,20H2,1-3H3/t15-,16-/m0/s1. The van der Waals surface area contributed by atoms with E-state index in [2.05, 4.69) is 0 Å². The monoisotopic (exact) mass is 344 g/mol. The molecule has 0 aromatic heterocycles. The molecule has 2 rings (SSSR count). The second-order valence-corrected chi connectivity index (χ2v) is 6.75. The highest BCUT2D eigenvalue weighted by atomic mass is 16.2. The van der Waals surface area contributed by atoms with Gasteiger partial charge in [-0.3, -0.25) is 19.2 Å². The number of rotatable bonds is 6. The minimum atomic E-state index is -0.696. The fourth-order valence-electron chi connectivity index (χ4n) is 3.04. The predicted molar refractivity (Wildman–Crippen MR) is 93.3 cm³/mol. The molecule has 1 aliphatic heterocycles. The van der Waals surface area contributed by atoms with Crippen molar-refractivity contribution in [2.75, 3.05) is 6.54 Å². The van der Waals surface area contributed by atoms with Crippen LogP contribution in [0.4, 0.5) is 0 Å². The number of carbonyl (C=O) groups excluding carboxylic acids is 4. The first-order chi connectivity index (χ1) is 11.8. The molecule has 1 aromatic carbocycles. The van der Waals surface area contributed by atoms with Gasteiger partial charge < -0.3 is 10.6 Å². The molecule has 1 fully saturated rings. The SMILES string of the molecule is CC(=O)C(=O)c1ccccc1C(=O)[C@@H]1CCCN1C(=O)[C@@H](N)C(C)C. The molecule has 0 bridgehead atoms. The summed E-state index contributed by atoms with van der Waals surface area (Å²) in [5.41, 5.74) is 6.23. The number of nitrogens with zero attached hydrogens (tertiary/aromatic N) is 1. The van der Waals surface area contributed by atoms with Gasteiger partial charge in [0.05, 0.1) is 12.1 Å². The number of nitrogens with two attached hydrogens (primary N) is 1. The largest absolute Gasteiger partial charge is 0.331 e. The molecule has 0 saturated carbocycles. The van der Waals surface area contributed by atoms with Crippen LogP contribution in [0.5, 0.6) is 0 Å². The van der Waals surface area contributed by atoms with E-state index in [1.807, 2.05) is 13.8 Å². The van der Waals surface area contributed by atoms with Gasteiger partial charge in [0.2, 0.25) is 11.7 Å². The molecule has 6 nitrogen and oxygen atoms in total. The van der Waals surface area contributed by atoms with Gasteiger partial charge in [-0.15, -0.1) is 0 Å². The normalized spacial score (nSPS) is 18.3. The second-order valence-electron chi connectivity index (χ2n) is 6.75. The first-order valence-corrected chi connectivity index (χ1v) is 8.50. The van der Waals surface area contributed by atoms with Gasteiger partial charge in [0.1, 0.15) is 0 Å². The van der Waals surface area contributed by atoms with Crippen molar-refractivity contribution in [1.29, 1.82) is 0 Å². The van der Waals surface area contributed by atoms with Crippen molar-refractivity contribution in [2.24, 2.45) is 11.7 Å². The zero-order valence-corrected chi connectivity index (χ0v) is 14.8. The van der Waals surface area contributed by atoms with Crippen LogP contribution >= 0.6 is 0 Å². The van der Waals surface area contributed by atoms with E-state index in [0.29, 0.717) is 19.4 Å². The van der Waals surface area contributed by atoms with E-state index < -0.39 is 23.7 Å². The van der Waals surface area contributed by atoms with Crippen LogP contribution in [0.2, 0.25) is 0 Å². The number of likely N-dealkylation sites (tertiary alicyclic amines) is 1. The lowest BCUT2D eigenvalue weighted by Gasteiger charge is -2.28. The molecule has 0 unspecified atom stereocenters. The Morgan fingerprint density at radius 2 is 1.72 bits per heavy atom. The van der Waals surface area contributed by atoms with Crippen LogP contribution < -0.4 is 5.73 Å². The van der Waals surface area contributed by atoms with E-state index in [-0.39, 0.29) is 28.7 Å². The number of hydrogen-bond acceptors (Lipinski definition) is 5. The van der Waals surface area contributed by atoms with E-state index in [1.54, 1.807) is 12.1 Å². The molecule has 1 aromatic rings. The Bertz CT molecular complexity index is 711. The van der Waals surface area contributed by atoms with Crippen LogP contribution in [0.25, 0.3) is 0 Å². The van der Waals surface area contributed by atoms with Gasteiger partial charge in [-0.05, 0) is 18.8 Å². The highest BCUT2D eigenvalue weighted by molar-refractivity contribution is 6.44. The summed E-state index contributed by atoms with van der Waals surface area (Å²) in [6, 6.07) is 4.95. The lowest BCUT2D eigenvalue weighted by Crippen LogP contribution is -2.50. The van der Waals surface area contributed by atoms with Crippen molar-refractivity contribution >= 4 is 23.3 Å². The van der Waals surface area contributed by atoms with Crippen LogP contribution in [0.3, 0.4) is 0 Å². The number of ketones is 3. The summed E-state index contributed by atoms with van der Waals surface area (Å²) in [4.78, 5) is 50.6. The molecule has 1 aliphatic rings. The fraction of sp³-hybridized carbons (Fsp3) is 0.474. The van der Waals surface area contributed by atoms with Crippen molar-refractivity contribution in [2.45, 2.75) is 45.7 Å². The molecular formula is C19H24N2O4. The Labute approximate surface area is 147 Å². The average Bonchev–Trinajstić information content (AvgIpc) is 3.08. The van der Waals surface area contributed by atoms with Gasteiger partial charge in [0.15, 0.2) is 11.6 Å². The first kappa shape index (κ1) is 19.0. The highest BCUT2D eigenvalue weighted by Crippen LogP contribution is 2.24. The third kappa shape index (κ3) is 3.85. The maximum atomic E-state index is 13.0. The topological polar surface area (TPSA) is 97.5 Å². The molecule has 1 amide bonds. The van der Waals surface area contributed by atoms with Gasteiger partial charge in [0, 0.05) is 24.6 Å². The molecule has 0 spiro atoms. The average molecular weight is 344 g/mol. The van der Waals surface area contributed by atoms with E-state index >= 15 is 0 Å². The summed E-state index contributed by atoms with van der Waals surface area (Å²) < 4.78 is 0. The summed E-state index contributed by atoms with van der Waals surface area (Å²) in [6.07, 6.45) is 1.23. The predicted octanol–water partition coefficient (Wildman–Crippen LogP) is 1.62. The Balaban J connectivity index is 2.33. The Hall–Kier alpha value is -2.34. The molecule has 0 radical (unpaired) electrons. The van der Waals surface area contributed by atoms with Crippen LogP contribution in [-0.2, 0) is 9.59 Å². The Kier molecular flexibility index (Phi) is 5.85. The Morgan fingerprint density at radius 1 is 1.12 bits per heavy atom. The Morgan fingerprint density at radius 3 is 2.28 bits per heavy atom. The quantitative estimate of drug-likeness (QED) is 0.624. The summed E-state index contributed by atoms with van der Waals surface area (Å²) in [5, 5.41) is 0. The van der Waals surface area contributed by atoms with E-state index in [9.17, 15) is 19.2 Å². The smallest absolute Gasteiger partial charge is 0.240 e. The molecule has 134 valence electrons. The first-order valence-electron chi connectivity index (χ1n) is 8.50. The third-order valence-electron chi connectivity index (χ3n) is 4.60. The van der Waals surface area contributed by atoms with Gasteiger partial charge in [0.25, 0.3) is 0 Å². The molecule has 2 atom stereocenters. The zero-order chi connectivity index (χ0) is 18.7. The highest BCUT2D eigenvalue weighted by Gasteiger charge is 2.38. The van der Waals surface area contributed by atoms with Crippen LogP contribution in [0.1, 0.15) is 54.3 Å². The van der Waals surface area contributed by atoms with Gasteiger partial charge in [-0.2, -0.15) is 0 Å². The van der Waals surface area contributed by atoms with E-state index in [4.69, 9.17) is 5.73 Å². The van der Waals surface area contributed by atoms with E-state index in [0.717, 1.165) is 0 Å². The van der Waals surface area contributed by atoms with Crippen molar-refractivity contribution in [3.63, 3.8) is 0 Å². The van der Waals surface area contributed by atoms with Crippen molar-refractivity contribution in [1.82, 2.24) is 4.90 Å². The zero-order valence-electron chi connectivity index (χ0n) is 14.8. The lowest BCUT2D eigenvalue weighted by molar-refractivity contribution is -0.133. The summed E-state index contributed by atoms with van der Waals surface area (Å²) in [5.74, 6) is -1.91. The van der Waals surface area contributed by atoms with Crippen LogP contribution in [0, 0.1) is 5.92 Å². The maximum Gasteiger partial charge on any atom is 0.240 e. The number of amides is 1. The van der Waals surface area contributed by atoms with Crippen LogP contribution in [0.15, 0.2) is 24.3 Å². The van der Waals surface area contributed by atoms with Gasteiger partial charge >= 0.3 is 0 Å². The number of Topliss-reactive ketones (excluding diaryl/α,β-unsaturated/α-hetero) is 3. The number of carbonyl (C=O) groups is 4. The lowest BCUT2D eigenvalue weighted by atomic mass is 9.93. The molecule has 2 N–H and O–H groups in total. The summed E-state index contributed by atoms with van der Waals surface area (Å²) >= 11 is 0.